The number of aromatic nitrogens is 3. The predicted molar refractivity (Wildman–Crippen MR) is 79.1 cm³/mol. The van der Waals surface area contributed by atoms with E-state index in [4.69, 9.17) is 5.11 Å². The third kappa shape index (κ3) is 4.41. The normalized spacial score (nSPS) is 10.5. The van der Waals surface area contributed by atoms with Crippen LogP contribution in [0.5, 0.6) is 0 Å². The van der Waals surface area contributed by atoms with Gasteiger partial charge >= 0.3 is 5.97 Å². The first kappa shape index (κ1) is 15.7. The van der Waals surface area contributed by atoms with Crippen molar-refractivity contribution in [3.63, 3.8) is 0 Å². The van der Waals surface area contributed by atoms with Crippen LogP contribution in [0, 0.1) is 13.8 Å². The number of hydrogen-bond donors (Lipinski definition) is 2. The van der Waals surface area contributed by atoms with Crippen LogP contribution in [-0.2, 0) is 29.1 Å². The van der Waals surface area contributed by atoms with Gasteiger partial charge < -0.3 is 10.4 Å². The number of benzene rings is 1. The Morgan fingerprint density at radius 3 is 2.82 bits per heavy atom. The third-order valence-electron chi connectivity index (χ3n) is 3.21. The topological polar surface area (TPSA) is 97.1 Å². The molecule has 7 heteroatoms. The molecule has 0 saturated heterocycles. The van der Waals surface area contributed by atoms with Crippen LogP contribution in [0.25, 0.3) is 0 Å². The average molecular weight is 302 g/mol. The number of hydrogen-bond acceptors (Lipinski definition) is 4. The number of rotatable bonds is 6. The van der Waals surface area contributed by atoms with Gasteiger partial charge in [0, 0.05) is 0 Å². The van der Waals surface area contributed by atoms with Crippen molar-refractivity contribution in [1.29, 1.82) is 0 Å². The van der Waals surface area contributed by atoms with E-state index >= 15 is 0 Å². The predicted octanol–water partition coefficient (Wildman–Crippen LogP) is 0.838. The standard InChI is InChI=1S/C15H18N4O3/c1-10-3-4-11(2)12(5-10)6-14(20)16-7-13-8-19(18-17-13)9-15(21)22/h3-5,8H,6-7,9H2,1-2H3,(H,16,20)(H,21,22). The van der Waals surface area contributed by atoms with Gasteiger partial charge in [0.1, 0.15) is 12.2 Å². The first-order chi connectivity index (χ1) is 10.4. The molecular weight excluding hydrogens is 284 g/mol. The molecule has 116 valence electrons. The minimum Gasteiger partial charge on any atom is -0.480 e. The van der Waals surface area contributed by atoms with E-state index in [0.29, 0.717) is 12.1 Å². The lowest BCUT2D eigenvalue weighted by Crippen LogP contribution is -2.25. The summed E-state index contributed by atoms with van der Waals surface area (Å²) in [5, 5.41) is 18.9. The van der Waals surface area contributed by atoms with Crippen LogP contribution in [-0.4, -0.2) is 32.0 Å². The smallest absolute Gasteiger partial charge is 0.325 e. The van der Waals surface area contributed by atoms with Gasteiger partial charge in [-0.25, -0.2) is 4.68 Å². The number of aryl methyl sites for hydroxylation is 2. The Morgan fingerprint density at radius 1 is 1.32 bits per heavy atom. The molecule has 2 aromatic rings. The number of nitrogens with zero attached hydrogens (tertiary/aromatic N) is 3. The van der Waals surface area contributed by atoms with E-state index in [-0.39, 0.29) is 19.0 Å². The summed E-state index contributed by atoms with van der Waals surface area (Å²) in [5.41, 5.74) is 3.71. The maximum Gasteiger partial charge on any atom is 0.325 e. The molecule has 0 spiro atoms. The van der Waals surface area contributed by atoms with E-state index in [1.165, 1.54) is 10.9 Å². The van der Waals surface area contributed by atoms with Crippen LogP contribution in [0.1, 0.15) is 22.4 Å². The minimum absolute atomic E-state index is 0.110. The molecule has 0 aliphatic rings. The van der Waals surface area contributed by atoms with E-state index in [9.17, 15) is 9.59 Å². The Bertz CT molecular complexity index is 694. The Hall–Kier alpha value is -2.70. The summed E-state index contributed by atoms with van der Waals surface area (Å²) in [4.78, 5) is 22.5. The average Bonchev–Trinajstić information content (AvgIpc) is 2.87. The third-order valence-corrected chi connectivity index (χ3v) is 3.21. The fourth-order valence-electron chi connectivity index (χ4n) is 2.05. The first-order valence-corrected chi connectivity index (χ1v) is 6.87. The van der Waals surface area contributed by atoms with Gasteiger partial charge in [0.25, 0.3) is 0 Å². The molecule has 1 aromatic carbocycles. The Labute approximate surface area is 128 Å². The highest BCUT2D eigenvalue weighted by Gasteiger charge is 2.08. The number of nitrogens with one attached hydrogen (secondary N) is 1. The molecule has 0 saturated carbocycles. The fourth-order valence-corrected chi connectivity index (χ4v) is 2.05. The van der Waals surface area contributed by atoms with E-state index in [0.717, 1.165) is 16.7 Å². The van der Waals surface area contributed by atoms with Crippen molar-refractivity contribution in [2.24, 2.45) is 0 Å². The molecular formula is C15H18N4O3. The molecule has 1 amide bonds. The molecule has 2 rings (SSSR count). The SMILES string of the molecule is Cc1ccc(C)c(CC(=O)NCc2cn(CC(=O)O)nn2)c1. The lowest BCUT2D eigenvalue weighted by Gasteiger charge is -2.07. The molecule has 0 unspecified atom stereocenters. The number of carboxylic acid groups (broad SMARTS) is 1. The van der Waals surface area contributed by atoms with Gasteiger partial charge in [-0.3, -0.25) is 9.59 Å². The molecule has 0 radical (unpaired) electrons. The monoisotopic (exact) mass is 302 g/mol. The highest BCUT2D eigenvalue weighted by atomic mass is 16.4. The number of carboxylic acids is 1. The summed E-state index contributed by atoms with van der Waals surface area (Å²) in [6, 6.07) is 6.00. The summed E-state index contributed by atoms with van der Waals surface area (Å²) in [6.07, 6.45) is 1.81. The van der Waals surface area contributed by atoms with Crippen molar-refractivity contribution in [3.8, 4) is 0 Å². The van der Waals surface area contributed by atoms with E-state index in [1.54, 1.807) is 0 Å². The second-order valence-corrected chi connectivity index (χ2v) is 5.18. The van der Waals surface area contributed by atoms with Gasteiger partial charge in [0.15, 0.2) is 0 Å². The fraction of sp³-hybridized carbons (Fsp3) is 0.333. The second kappa shape index (κ2) is 6.84. The Morgan fingerprint density at radius 2 is 2.09 bits per heavy atom. The Balaban J connectivity index is 1.88. The zero-order chi connectivity index (χ0) is 16.1. The zero-order valence-corrected chi connectivity index (χ0v) is 12.5. The van der Waals surface area contributed by atoms with Gasteiger partial charge in [-0.1, -0.05) is 29.0 Å². The number of carbonyl (C=O) groups is 2. The van der Waals surface area contributed by atoms with Gasteiger partial charge in [0.05, 0.1) is 19.2 Å². The van der Waals surface area contributed by atoms with Crippen LogP contribution in [0.4, 0.5) is 0 Å². The molecule has 1 heterocycles. The number of carbonyl (C=O) groups excluding carboxylic acids is 1. The summed E-state index contributed by atoms with van der Waals surface area (Å²) in [7, 11) is 0. The van der Waals surface area contributed by atoms with E-state index < -0.39 is 5.97 Å². The highest BCUT2D eigenvalue weighted by molar-refractivity contribution is 5.78. The molecule has 7 nitrogen and oxygen atoms in total. The summed E-state index contributed by atoms with van der Waals surface area (Å²) >= 11 is 0. The summed E-state index contributed by atoms with van der Waals surface area (Å²) < 4.78 is 1.22. The zero-order valence-electron chi connectivity index (χ0n) is 12.5. The maximum atomic E-state index is 12.0. The first-order valence-electron chi connectivity index (χ1n) is 6.87. The van der Waals surface area contributed by atoms with Crippen LogP contribution in [0.2, 0.25) is 0 Å². The molecule has 0 bridgehead atoms. The van der Waals surface area contributed by atoms with Crippen molar-refractivity contribution >= 4 is 11.9 Å². The maximum absolute atomic E-state index is 12.0. The van der Waals surface area contributed by atoms with Crippen molar-refractivity contribution < 1.29 is 14.7 Å². The van der Waals surface area contributed by atoms with Crippen LogP contribution in [0.3, 0.4) is 0 Å². The van der Waals surface area contributed by atoms with Gasteiger partial charge in [-0.05, 0) is 25.0 Å². The van der Waals surface area contributed by atoms with Crippen molar-refractivity contribution in [2.45, 2.75) is 33.4 Å². The Kier molecular flexibility index (Phi) is 4.88. The molecule has 22 heavy (non-hydrogen) atoms. The molecule has 0 aliphatic carbocycles. The highest BCUT2D eigenvalue weighted by Crippen LogP contribution is 2.11. The van der Waals surface area contributed by atoms with Crippen molar-refractivity contribution in [3.05, 3.63) is 46.8 Å². The van der Waals surface area contributed by atoms with E-state index in [1.807, 2.05) is 32.0 Å². The summed E-state index contributed by atoms with van der Waals surface area (Å²) in [6.45, 7) is 3.94. The number of amides is 1. The summed E-state index contributed by atoms with van der Waals surface area (Å²) in [5.74, 6) is -1.10. The van der Waals surface area contributed by atoms with Crippen LogP contribution < -0.4 is 5.32 Å². The van der Waals surface area contributed by atoms with Crippen molar-refractivity contribution in [1.82, 2.24) is 20.3 Å². The van der Waals surface area contributed by atoms with Crippen LogP contribution >= 0.6 is 0 Å². The van der Waals surface area contributed by atoms with Gasteiger partial charge in [-0.2, -0.15) is 0 Å². The van der Waals surface area contributed by atoms with Gasteiger partial charge in [0.2, 0.25) is 5.91 Å². The number of aliphatic carboxylic acids is 1. The molecule has 1 aromatic heterocycles. The quantitative estimate of drug-likeness (QED) is 0.824. The lowest BCUT2D eigenvalue weighted by molar-refractivity contribution is -0.138. The molecule has 0 fully saturated rings. The second-order valence-electron chi connectivity index (χ2n) is 5.18. The molecule has 0 atom stereocenters. The molecule has 2 N–H and O–H groups in total. The van der Waals surface area contributed by atoms with Crippen molar-refractivity contribution in [2.75, 3.05) is 0 Å². The van der Waals surface area contributed by atoms with Crippen LogP contribution in [0.15, 0.2) is 24.4 Å². The molecule has 0 aliphatic heterocycles. The minimum atomic E-state index is -0.990. The largest absolute Gasteiger partial charge is 0.480 e. The van der Waals surface area contributed by atoms with E-state index in [2.05, 4.69) is 15.6 Å². The lowest BCUT2D eigenvalue weighted by atomic mass is 10.0. The van der Waals surface area contributed by atoms with Gasteiger partial charge in [-0.15, -0.1) is 5.10 Å².